The molecule has 0 saturated heterocycles. The van der Waals surface area contributed by atoms with E-state index in [9.17, 15) is 0 Å². The lowest BCUT2D eigenvalue weighted by Gasteiger charge is -2.31. The van der Waals surface area contributed by atoms with Gasteiger partial charge in [-0.25, -0.2) is 9.98 Å². The molecule has 5 N–H and O–H groups in total. The number of aromatic nitrogens is 2. The van der Waals surface area contributed by atoms with Gasteiger partial charge >= 0.3 is 0 Å². The smallest absolute Gasteiger partial charge is 0.218 e. The average molecular weight is 233 g/mol. The summed E-state index contributed by atoms with van der Waals surface area (Å²) in [6.45, 7) is 0. The van der Waals surface area contributed by atoms with Crippen LogP contribution in [0.15, 0.2) is 22.2 Å². The molecule has 1 aliphatic carbocycles. The van der Waals surface area contributed by atoms with E-state index in [0.717, 1.165) is 18.5 Å². The Morgan fingerprint density at radius 2 is 2.24 bits per heavy atom. The first-order valence-corrected chi connectivity index (χ1v) is 5.50. The normalized spacial score (nSPS) is 29.6. The highest BCUT2D eigenvalue weighted by Gasteiger charge is 2.61. The minimum atomic E-state index is -1.03. The van der Waals surface area contributed by atoms with E-state index >= 15 is 0 Å². The van der Waals surface area contributed by atoms with Crippen LogP contribution in [-0.4, -0.2) is 27.9 Å². The molecular weight excluding hydrogens is 218 g/mol. The average Bonchev–Trinajstić information content (AvgIpc) is 2.97. The number of nitrogens with two attached hydrogens (primary N) is 2. The molecule has 1 atom stereocenters. The van der Waals surface area contributed by atoms with E-state index in [-0.39, 0.29) is 5.41 Å². The zero-order valence-electron chi connectivity index (χ0n) is 9.59. The van der Waals surface area contributed by atoms with Crippen molar-refractivity contribution in [3.8, 4) is 0 Å². The highest BCUT2D eigenvalue weighted by atomic mass is 15.4. The fourth-order valence-corrected chi connectivity index (χ4v) is 2.28. The van der Waals surface area contributed by atoms with Gasteiger partial charge in [0.05, 0.1) is 17.4 Å². The van der Waals surface area contributed by atoms with Crippen LogP contribution in [0.25, 0.3) is 0 Å². The Morgan fingerprint density at radius 3 is 2.76 bits per heavy atom. The van der Waals surface area contributed by atoms with Crippen molar-refractivity contribution in [3.05, 3.63) is 18.0 Å². The highest BCUT2D eigenvalue weighted by molar-refractivity contribution is 5.90. The molecule has 0 radical (unpaired) electrons. The quantitative estimate of drug-likeness (QED) is 0.609. The maximum atomic E-state index is 6.28. The van der Waals surface area contributed by atoms with Gasteiger partial charge in [-0.3, -0.25) is 10.4 Å². The Morgan fingerprint density at radius 1 is 1.47 bits per heavy atom. The Bertz CT molecular complexity index is 510. The molecule has 1 aromatic heterocycles. The van der Waals surface area contributed by atoms with Crippen molar-refractivity contribution >= 4 is 12.3 Å². The first-order chi connectivity index (χ1) is 8.06. The third kappa shape index (κ3) is 1.35. The maximum Gasteiger partial charge on any atom is 0.218 e. The van der Waals surface area contributed by atoms with Crippen LogP contribution in [0.4, 0.5) is 0 Å². The lowest BCUT2D eigenvalue weighted by molar-refractivity contribution is 0.342. The first-order valence-electron chi connectivity index (χ1n) is 5.50. The molecule has 1 saturated carbocycles. The molecule has 0 aromatic carbocycles. The van der Waals surface area contributed by atoms with Crippen LogP contribution in [0.5, 0.6) is 0 Å². The number of aryl methyl sites for hydroxylation is 1. The van der Waals surface area contributed by atoms with Crippen molar-refractivity contribution in [2.45, 2.75) is 24.0 Å². The van der Waals surface area contributed by atoms with Gasteiger partial charge in [-0.1, -0.05) is 0 Å². The highest BCUT2D eigenvalue weighted by Crippen LogP contribution is 2.55. The third-order valence-electron chi connectivity index (χ3n) is 3.42. The van der Waals surface area contributed by atoms with E-state index in [1.54, 1.807) is 4.68 Å². The van der Waals surface area contributed by atoms with Gasteiger partial charge in [0, 0.05) is 13.2 Å². The van der Waals surface area contributed by atoms with Crippen LogP contribution >= 0.6 is 0 Å². The number of rotatable bonds is 2. The first kappa shape index (κ1) is 10.3. The number of aliphatic imine (C=N–C) groups is 2. The monoisotopic (exact) mass is 233 g/mol. The second-order valence-electron chi connectivity index (χ2n) is 4.58. The summed E-state index contributed by atoms with van der Waals surface area (Å²) >= 11 is 0. The predicted octanol–water partition coefficient (Wildman–Crippen LogP) is -0.990. The van der Waals surface area contributed by atoms with E-state index in [2.05, 4.69) is 20.4 Å². The summed E-state index contributed by atoms with van der Waals surface area (Å²) < 4.78 is 1.76. The summed E-state index contributed by atoms with van der Waals surface area (Å²) in [5.74, 6) is -0.735. The molecule has 17 heavy (non-hydrogen) atoms. The molecule has 2 aliphatic rings. The van der Waals surface area contributed by atoms with E-state index in [1.165, 1.54) is 6.34 Å². The molecule has 0 bridgehead atoms. The third-order valence-corrected chi connectivity index (χ3v) is 3.42. The Balaban J connectivity index is 2.04. The number of hydrogen-bond acceptors (Lipinski definition) is 6. The predicted molar refractivity (Wildman–Crippen MR) is 64.3 cm³/mol. The topological polar surface area (TPSA) is 107 Å². The molecule has 7 nitrogen and oxygen atoms in total. The van der Waals surface area contributed by atoms with E-state index in [1.807, 2.05) is 19.3 Å². The van der Waals surface area contributed by atoms with Crippen LogP contribution in [0.1, 0.15) is 18.5 Å². The maximum absolute atomic E-state index is 6.28. The van der Waals surface area contributed by atoms with Gasteiger partial charge in [-0.15, -0.1) is 0 Å². The van der Waals surface area contributed by atoms with Crippen molar-refractivity contribution in [3.63, 3.8) is 0 Å². The molecular formula is C10H15N7. The molecule has 7 heteroatoms. The molecule has 1 aliphatic heterocycles. The molecule has 1 fully saturated rings. The summed E-state index contributed by atoms with van der Waals surface area (Å²) in [6, 6.07) is 1.96. The minimum Gasteiger partial charge on any atom is -0.370 e. The van der Waals surface area contributed by atoms with Gasteiger partial charge in [0.2, 0.25) is 5.79 Å². The number of guanidine groups is 1. The Hall–Kier alpha value is -1.89. The van der Waals surface area contributed by atoms with Crippen LogP contribution < -0.4 is 16.8 Å². The minimum absolute atomic E-state index is 0.296. The van der Waals surface area contributed by atoms with Crippen molar-refractivity contribution in [2.75, 3.05) is 0 Å². The number of nitrogens with one attached hydrogen (secondary N) is 1. The second-order valence-corrected chi connectivity index (χ2v) is 4.58. The Kier molecular flexibility index (Phi) is 1.86. The van der Waals surface area contributed by atoms with Gasteiger partial charge in [-0.05, 0) is 18.9 Å². The lowest BCUT2D eigenvalue weighted by atomic mass is 9.94. The summed E-state index contributed by atoms with van der Waals surface area (Å²) in [5.41, 5.74) is 12.6. The summed E-state index contributed by atoms with van der Waals surface area (Å²) in [5, 5.41) is 7.15. The zero-order valence-corrected chi connectivity index (χ0v) is 9.59. The van der Waals surface area contributed by atoms with Crippen LogP contribution in [0.3, 0.4) is 0 Å². The van der Waals surface area contributed by atoms with Crippen LogP contribution in [0.2, 0.25) is 0 Å². The Labute approximate surface area is 98.6 Å². The van der Waals surface area contributed by atoms with E-state index < -0.39 is 5.79 Å². The largest absolute Gasteiger partial charge is 0.370 e. The van der Waals surface area contributed by atoms with Gasteiger partial charge < -0.3 is 11.1 Å². The number of hydrogen-bond donors (Lipinski definition) is 3. The summed E-state index contributed by atoms with van der Waals surface area (Å²) in [6.07, 6.45) is 5.26. The van der Waals surface area contributed by atoms with Crippen molar-refractivity contribution in [2.24, 2.45) is 28.5 Å². The van der Waals surface area contributed by atoms with Crippen LogP contribution in [0, 0.1) is 0 Å². The molecule has 1 unspecified atom stereocenters. The van der Waals surface area contributed by atoms with Gasteiger partial charge in [-0.2, -0.15) is 5.10 Å². The molecule has 0 amide bonds. The number of nitrogens with zero attached hydrogens (tertiary/aromatic N) is 4. The van der Waals surface area contributed by atoms with Crippen molar-refractivity contribution in [1.29, 1.82) is 0 Å². The fraction of sp³-hybridized carbons (Fsp3) is 0.500. The van der Waals surface area contributed by atoms with Gasteiger partial charge in [0.15, 0.2) is 5.96 Å². The van der Waals surface area contributed by atoms with Crippen molar-refractivity contribution < 1.29 is 0 Å². The SMILES string of the molecule is Cn1ccc(C2(C3(N)N=CNC(N)=N3)CC2)n1. The van der Waals surface area contributed by atoms with Crippen LogP contribution in [-0.2, 0) is 12.5 Å². The summed E-state index contributed by atoms with van der Waals surface area (Å²) in [4.78, 5) is 8.50. The van der Waals surface area contributed by atoms with Crippen molar-refractivity contribution in [1.82, 2.24) is 15.1 Å². The molecule has 1 aromatic rings. The summed E-state index contributed by atoms with van der Waals surface area (Å²) in [7, 11) is 1.88. The fourth-order valence-electron chi connectivity index (χ4n) is 2.28. The lowest BCUT2D eigenvalue weighted by Crippen LogP contribution is -2.54. The van der Waals surface area contributed by atoms with Gasteiger partial charge in [0.25, 0.3) is 0 Å². The molecule has 3 rings (SSSR count). The molecule has 2 heterocycles. The molecule has 0 spiro atoms. The second kappa shape index (κ2) is 3.07. The molecule has 90 valence electrons. The zero-order chi connectivity index (χ0) is 12.1. The van der Waals surface area contributed by atoms with E-state index in [0.29, 0.717) is 5.96 Å². The standard InChI is InChI=1S/C10H15N7/c1-17-5-2-7(16-17)9(3-4-9)10(12)14-6-13-8(11)15-10/h2,5-6H,3-4,12H2,1H3,(H3,11,13,14,15). The van der Waals surface area contributed by atoms with Gasteiger partial charge in [0.1, 0.15) is 0 Å². The van der Waals surface area contributed by atoms with E-state index in [4.69, 9.17) is 11.5 Å².